The van der Waals surface area contributed by atoms with E-state index in [1.165, 1.54) is 12.1 Å². The van der Waals surface area contributed by atoms with Crippen LogP contribution >= 0.6 is 24.8 Å². The quantitative estimate of drug-likeness (QED) is 0.0472. The van der Waals surface area contributed by atoms with Crippen molar-refractivity contribution in [2.45, 2.75) is 13.8 Å². The molecular weight excluding hydrogens is 695 g/mol. The van der Waals surface area contributed by atoms with Crippen LogP contribution in [-0.2, 0) is 28.4 Å². The number of ether oxygens (including phenoxy) is 6. The summed E-state index contributed by atoms with van der Waals surface area (Å²) < 4.78 is 32.4. The number of rotatable bonds is 28. The maximum atomic E-state index is 13.7. The Hall–Kier alpha value is -2.76. The van der Waals surface area contributed by atoms with Crippen molar-refractivity contribution < 1.29 is 48.2 Å². The van der Waals surface area contributed by atoms with E-state index in [9.17, 15) is 19.8 Å². The molecule has 1 aliphatic rings. The average Bonchev–Trinajstić information content (AvgIpc) is 3.08. The van der Waals surface area contributed by atoms with Crippen molar-refractivity contribution in [3.63, 3.8) is 0 Å². The van der Waals surface area contributed by atoms with E-state index in [-0.39, 0.29) is 58.6 Å². The number of fused-ring (bicyclic) bond motifs is 2. The van der Waals surface area contributed by atoms with Gasteiger partial charge in [-0.1, -0.05) is 0 Å². The molecule has 0 bridgehead atoms. The monoisotopic (exact) mass is 748 g/mol. The second kappa shape index (κ2) is 27.0. The fourth-order valence-corrected chi connectivity index (χ4v) is 4.94. The Labute approximate surface area is 307 Å². The van der Waals surface area contributed by atoms with Crippen LogP contribution in [0.4, 0.5) is 11.4 Å². The lowest BCUT2D eigenvalue weighted by Gasteiger charge is -2.25. The number of carbonyl (C=O) groups is 2. The van der Waals surface area contributed by atoms with Crippen LogP contribution in [0.1, 0.15) is 45.7 Å². The lowest BCUT2D eigenvalue weighted by molar-refractivity contribution is 0.0176. The van der Waals surface area contributed by atoms with Gasteiger partial charge in [0, 0.05) is 63.9 Å². The smallest absolute Gasteiger partial charge is 0.200 e. The summed E-state index contributed by atoms with van der Waals surface area (Å²) in [6.07, 6.45) is 0. The zero-order valence-corrected chi connectivity index (χ0v) is 30.6. The van der Waals surface area contributed by atoms with Gasteiger partial charge in [0.1, 0.15) is 11.5 Å². The van der Waals surface area contributed by atoms with Crippen molar-refractivity contribution in [2.24, 2.45) is 0 Å². The Morgan fingerprint density at radius 2 is 0.800 bits per heavy atom. The summed E-state index contributed by atoms with van der Waals surface area (Å²) in [4.78, 5) is 27.5. The minimum atomic E-state index is -0.541. The van der Waals surface area contributed by atoms with Gasteiger partial charge in [0.2, 0.25) is 11.6 Å². The summed E-state index contributed by atoms with van der Waals surface area (Å²) >= 11 is 0. The first kappa shape index (κ1) is 45.3. The predicted octanol–water partition coefficient (Wildman–Crippen LogP) is 2.86. The number of anilines is 2. The van der Waals surface area contributed by atoms with Crippen LogP contribution in [0.2, 0.25) is 0 Å². The molecule has 1 aliphatic carbocycles. The molecule has 284 valence electrons. The van der Waals surface area contributed by atoms with Gasteiger partial charge in [-0.05, 0) is 38.1 Å². The first-order valence-corrected chi connectivity index (χ1v) is 16.7. The second-order valence-electron chi connectivity index (χ2n) is 10.6. The normalized spacial score (nSPS) is 11.8. The van der Waals surface area contributed by atoms with Crippen molar-refractivity contribution in [2.75, 3.05) is 129 Å². The zero-order chi connectivity index (χ0) is 34.4. The number of halogens is 2. The maximum Gasteiger partial charge on any atom is 0.200 e. The third kappa shape index (κ3) is 14.8. The van der Waals surface area contributed by atoms with Crippen molar-refractivity contribution in [3.05, 3.63) is 46.5 Å². The summed E-state index contributed by atoms with van der Waals surface area (Å²) in [6.45, 7) is 13.8. The number of phenols is 2. The number of carbonyl (C=O) groups excluding carboxylic acids is 2. The Morgan fingerprint density at radius 3 is 1.16 bits per heavy atom. The van der Waals surface area contributed by atoms with Gasteiger partial charge in [-0.15, -0.1) is 24.8 Å². The molecule has 16 heteroatoms. The van der Waals surface area contributed by atoms with E-state index in [1.54, 1.807) is 12.1 Å². The van der Waals surface area contributed by atoms with E-state index in [0.29, 0.717) is 130 Å². The molecule has 0 radical (unpaired) electrons. The van der Waals surface area contributed by atoms with Crippen molar-refractivity contribution in [1.82, 2.24) is 10.6 Å². The van der Waals surface area contributed by atoms with Crippen LogP contribution in [0.25, 0.3) is 0 Å². The van der Waals surface area contributed by atoms with Crippen LogP contribution in [0.3, 0.4) is 0 Å². The molecule has 0 heterocycles. The molecule has 0 atom stereocenters. The van der Waals surface area contributed by atoms with Gasteiger partial charge >= 0.3 is 0 Å². The molecular formula is C34H54Cl2N4O10. The number of nitrogens with one attached hydrogen (secondary N) is 4. The van der Waals surface area contributed by atoms with Gasteiger partial charge in [0.15, 0.2) is 0 Å². The Bertz CT molecular complexity index is 1180. The molecule has 2 aromatic carbocycles. The minimum Gasteiger partial charge on any atom is -0.507 e. The summed E-state index contributed by atoms with van der Waals surface area (Å²) in [6, 6.07) is 5.90. The predicted molar refractivity (Wildman–Crippen MR) is 197 cm³/mol. The summed E-state index contributed by atoms with van der Waals surface area (Å²) in [5, 5.41) is 34.0. The third-order valence-corrected chi connectivity index (χ3v) is 7.25. The largest absolute Gasteiger partial charge is 0.507 e. The van der Waals surface area contributed by atoms with E-state index in [0.717, 1.165) is 0 Å². The van der Waals surface area contributed by atoms with Crippen LogP contribution < -0.4 is 21.3 Å². The van der Waals surface area contributed by atoms with Crippen molar-refractivity contribution in [3.8, 4) is 11.5 Å². The molecule has 0 spiro atoms. The number of ketones is 2. The number of hydrogen-bond acceptors (Lipinski definition) is 14. The van der Waals surface area contributed by atoms with E-state index >= 15 is 0 Å². The van der Waals surface area contributed by atoms with Gasteiger partial charge in [-0.2, -0.15) is 0 Å². The standard InChI is InChI=1S/C34H52N4O10.2ClH/c1-3-43-17-19-47-23-21-45-15-13-35-9-11-37-25-5-6-26(38-12-10-36-14-16-46-22-24-48-20-18-44-4-2)30-29(25)33(41)31-27(39)7-8-28(40)32(31)34(30)42;;/h5-8,35-40H,3-4,9-24H2,1-2H3;2*1H. The molecule has 0 fully saturated rings. The number of aromatic hydroxyl groups is 2. The molecule has 3 rings (SSSR count). The highest BCUT2D eigenvalue weighted by Crippen LogP contribution is 2.42. The first-order valence-electron chi connectivity index (χ1n) is 16.7. The summed E-state index contributed by atoms with van der Waals surface area (Å²) in [5.74, 6) is -1.80. The van der Waals surface area contributed by atoms with E-state index < -0.39 is 11.6 Å². The molecule has 0 saturated heterocycles. The highest BCUT2D eigenvalue weighted by Gasteiger charge is 2.37. The molecule has 0 amide bonds. The minimum absolute atomic E-state index is 0. The third-order valence-electron chi connectivity index (χ3n) is 7.25. The van der Waals surface area contributed by atoms with E-state index in [1.807, 2.05) is 13.8 Å². The van der Waals surface area contributed by atoms with Gasteiger partial charge in [0.25, 0.3) is 0 Å². The van der Waals surface area contributed by atoms with Crippen LogP contribution in [0.5, 0.6) is 11.5 Å². The van der Waals surface area contributed by atoms with Gasteiger partial charge < -0.3 is 59.9 Å². The van der Waals surface area contributed by atoms with Crippen LogP contribution in [-0.4, -0.2) is 140 Å². The topological polar surface area (TPSA) is 178 Å². The Kier molecular flexibility index (Phi) is 24.4. The Balaban J connectivity index is 0.00000625. The van der Waals surface area contributed by atoms with Gasteiger partial charge in [-0.25, -0.2) is 0 Å². The highest BCUT2D eigenvalue weighted by molar-refractivity contribution is 6.33. The first-order chi connectivity index (χ1) is 23.5. The molecule has 0 unspecified atom stereocenters. The molecule has 6 N–H and O–H groups in total. The second-order valence-corrected chi connectivity index (χ2v) is 10.6. The molecule has 0 aliphatic heterocycles. The van der Waals surface area contributed by atoms with Crippen molar-refractivity contribution in [1.29, 1.82) is 0 Å². The lowest BCUT2D eigenvalue weighted by Crippen LogP contribution is -2.29. The number of benzene rings is 2. The number of hydrogen-bond donors (Lipinski definition) is 6. The Morgan fingerprint density at radius 1 is 0.460 bits per heavy atom. The molecule has 0 aromatic heterocycles. The molecule has 2 aromatic rings. The van der Waals surface area contributed by atoms with Crippen molar-refractivity contribution >= 4 is 47.8 Å². The highest BCUT2D eigenvalue weighted by atomic mass is 35.5. The van der Waals surface area contributed by atoms with E-state index in [4.69, 9.17) is 28.4 Å². The van der Waals surface area contributed by atoms with Gasteiger partial charge in [-0.3, -0.25) is 9.59 Å². The number of phenolic OH excluding ortho intramolecular Hbond substituents is 2. The summed E-state index contributed by atoms with van der Waals surface area (Å²) in [5.41, 5.74) is 0.813. The van der Waals surface area contributed by atoms with Crippen LogP contribution in [0.15, 0.2) is 24.3 Å². The van der Waals surface area contributed by atoms with E-state index in [2.05, 4.69) is 21.3 Å². The molecule has 14 nitrogen and oxygen atoms in total. The summed E-state index contributed by atoms with van der Waals surface area (Å²) in [7, 11) is 0. The fraction of sp³-hybridized carbons (Fsp3) is 0.588. The van der Waals surface area contributed by atoms with Gasteiger partial charge in [0.05, 0.1) is 88.3 Å². The zero-order valence-electron chi connectivity index (χ0n) is 29.0. The molecule has 0 saturated carbocycles. The average molecular weight is 750 g/mol. The molecule has 50 heavy (non-hydrogen) atoms. The lowest BCUT2D eigenvalue weighted by atomic mass is 9.81. The fourth-order valence-electron chi connectivity index (χ4n) is 4.94. The SMILES string of the molecule is CCOCCOCCOCCNCCNc1ccc(NCCNCCOCCOCCOCC)c2c1C(=O)c1c(O)ccc(O)c1C2=O.Cl.Cl. The maximum absolute atomic E-state index is 13.7. The van der Waals surface area contributed by atoms with Crippen LogP contribution in [0, 0.1) is 0 Å².